The van der Waals surface area contributed by atoms with Crippen molar-refractivity contribution in [1.29, 1.82) is 0 Å². The van der Waals surface area contributed by atoms with Gasteiger partial charge in [-0.2, -0.15) is 0 Å². The molecule has 1 fully saturated rings. The van der Waals surface area contributed by atoms with Gasteiger partial charge in [-0.1, -0.05) is 13.3 Å². The van der Waals surface area contributed by atoms with Crippen molar-refractivity contribution in [1.82, 2.24) is 0 Å². The minimum atomic E-state index is -0.649. The van der Waals surface area contributed by atoms with Crippen molar-refractivity contribution in [2.24, 2.45) is 11.8 Å². The summed E-state index contributed by atoms with van der Waals surface area (Å²) in [6.07, 6.45) is 5.06. The van der Waals surface area contributed by atoms with E-state index in [1.165, 1.54) is 12.8 Å². The van der Waals surface area contributed by atoms with Gasteiger partial charge in [0.05, 0.1) is 0 Å². The molecule has 1 aliphatic carbocycles. The summed E-state index contributed by atoms with van der Waals surface area (Å²) in [5, 5.41) is 8.46. The molecule has 1 unspecified atom stereocenters. The normalized spacial score (nSPS) is 19.7. The number of hydrogen-bond acceptors (Lipinski definition) is 1. The number of rotatable bonds is 5. The molecule has 0 heterocycles. The van der Waals surface area contributed by atoms with Gasteiger partial charge in [0.25, 0.3) is 0 Å². The first-order valence-corrected chi connectivity index (χ1v) is 4.45. The Balaban J connectivity index is 2.15. The molecule has 0 radical (unpaired) electrons. The highest BCUT2D eigenvalue weighted by molar-refractivity contribution is 5.66. The fraction of sp³-hybridized carbons (Fsp3) is 0.889. The molecule has 0 amide bonds. The number of hydrogen-bond donors (Lipinski definition) is 1. The van der Waals surface area contributed by atoms with Crippen LogP contribution in [0.4, 0.5) is 0 Å². The van der Waals surface area contributed by atoms with Crippen LogP contribution in [0, 0.1) is 11.8 Å². The molecule has 1 saturated carbocycles. The van der Waals surface area contributed by atoms with E-state index in [1.807, 2.05) is 0 Å². The molecule has 0 aromatic rings. The van der Waals surface area contributed by atoms with Crippen LogP contribution < -0.4 is 0 Å². The maximum absolute atomic E-state index is 10.3. The van der Waals surface area contributed by atoms with Crippen LogP contribution in [0.1, 0.15) is 39.0 Å². The fourth-order valence-electron chi connectivity index (χ4n) is 1.65. The second-order valence-corrected chi connectivity index (χ2v) is 3.44. The highest BCUT2D eigenvalue weighted by Crippen LogP contribution is 2.40. The lowest BCUT2D eigenvalue weighted by Gasteiger charge is -2.10. The maximum atomic E-state index is 10.3. The molecule has 64 valence electrons. The Morgan fingerprint density at radius 1 is 1.64 bits per heavy atom. The van der Waals surface area contributed by atoms with E-state index < -0.39 is 5.97 Å². The predicted octanol–water partition coefficient (Wildman–Crippen LogP) is 2.29. The van der Waals surface area contributed by atoms with Crippen LogP contribution in [-0.4, -0.2) is 11.1 Å². The largest absolute Gasteiger partial charge is 0.481 e. The number of aliphatic carboxylic acids is 1. The Kier molecular flexibility index (Phi) is 2.92. The lowest BCUT2D eigenvalue weighted by molar-refractivity contribution is -0.137. The van der Waals surface area contributed by atoms with Crippen molar-refractivity contribution in [3.63, 3.8) is 0 Å². The van der Waals surface area contributed by atoms with E-state index in [1.54, 1.807) is 0 Å². The van der Waals surface area contributed by atoms with Crippen molar-refractivity contribution in [3.05, 3.63) is 0 Å². The molecule has 0 aromatic heterocycles. The quantitative estimate of drug-likeness (QED) is 0.663. The highest BCUT2D eigenvalue weighted by atomic mass is 16.4. The molecule has 11 heavy (non-hydrogen) atoms. The van der Waals surface area contributed by atoms with Crippen LogP contribution in [0.3, 0.4) is 0 Å². The standard InChI is InChI=1S/C9H16O2/c1-2-7(8-3-4-8)5-6-9(10)11/h7-8H,2-6H2,1H3,(H,10,11). The summed E-state index contributed by atoms with van der Waals surface area (Å²) in [4.78, 5) is 10.3. The minimum absolute atomic E-state index is 0.356. The van der Waals surface area contributed by atoms with Gasteiger partial charge in [-0.3, -0.25) is 4.79 Å². The van der Waals surface area contributed by atoms with E-state index in [9.17, 15) is 4.79 Å². The lowest BCUT2D eigenvalue weighted by Crippen LogP contribution is -2.05. The average molecular weight is 156 g/mol. The van der Waals surface area contributed by atoms with Crippen LogP contribution in [0.2, 0.25) is 0 Å². The third-order valence-corrected chi connectivity index (χ3v) is 2.54. The summed E-state index contributed by atoms with van der Waals surface area (Å²) in [6.45, 7) is 2.16. The zero-order valence-corrected chi connectivity index (χ0v) is 7.05. The zero-order valence-electron chi connectivity index (χ0n) is 7.05. The van der Waals surface area contributed by atoms with Crippen LogP contribution in [-0.2, 0) is 4.79 Å². The van der Waals surface area contributed by atoms with E-state index in [0.29, 0.717) is 12.3 Å². The fourth-order valence-corrected chi connectivity index (χ4v) is 1.65. The molecule has 0 spiro atoms. The number of carboxylic acid groups (broad SMARTS) is 1. The van der Waals surface area contributed by atoms with Gasteiger partial charge in [-0.05, 0) is 31.1 Å². The van der Waals surface area contributed by atoms with Gasteiger partial charge >= 0.3 is 5.97 Å². The first-order valence-electron chi connectivity index (χ1n) is 4.45. The number of carboxylic acids is 1. The molecular weight excluding hydrogens is 140 g/mol. The molecule has 1 aliphatic rings. The van der Waals surface area contributed by atoms with E-state index in [0.717, 1.165) is 18.8 Å². The Morgan fingerprint density at radius 2 is 2.27 bits per heavy atom. The summed E-state index contributed by atoms with van der Waals surface area (Å²) in [5.74, 6) is 0.898. The van der Waals surface area contributed by atoms with E-state index in [4.69, 9.17) is 5.11 Å². The smallest absolute Gasteiger partial charge is 0.303 e. The van der Waals surface area contributed by atoms with Gasteiger partial charge in [0.2, 0.25) is 0 Å². The number of carbonyl (C=O) groups is 1. The first kappa shape index (κ1) is 8.57. The van der Waals surface area contributed by atoms with Crippen LogP contribution >= 0.6 is 0 Å². The van der Waals surface area contributed by atoms with Crippen LogP contribution in [0.5, 0.6) is 0 Å². The maximum Gasteiger partial charge on any atom is 0.303 e. The molecule has 1 atom stereocenters. The summed E-state index contributed by atoms with van der Waals surface area (Å²) >= 11 is 0. The predicted molar refractivity (Wildman–Crippen MR) is 43.4 cm³/mol. The lowest BCUT2D eigenvalue weighted by atomic mass is 9.95. The van der Waals surface area contributed by atoms with Gasteiger partial charge in [0, 0.05) is 6.42 Å². The second kappa shape index (κ2) is 3.74. The molecule has 0 aliphatic heterocycles. The monoisotopic (exact) mass is 156 g/mol. The van der Waals surface area contributed by atoms with Crippen molar-refractivity contribution >= 4 is 5.97 Å². The molecule has 1 N–H and O–H groups in total. The Morgan fingerprint density at radius 3 is 2.64 bits per heavy atom. The molecule has 0 bridgehead atoms. The Hall–Kier alpha value is -0.530. The van der Waals surface area contributed by atoms with E-state index in [-0.39, 0.29) is 0 Å². The van der Waals surface area contributed by atoms with E-state index in [2.05, 4.69) is 6.92 Å². The Bertz CT molecular complexity index is 138. The van der Waals surface area contributed by atoms with Crippen molar-refractivity contribution in [2.45, 2.75) is 39.0 Å². The molecule has 2 heteroatoms. The molecule has 0 aromatic carbocycles. The summed E-state index contributed by atoms with van der Waals surface area (Å²) in [5.41, 5.74) is 0. The van der Waals surface area contributed by atoms with Gasteiger partial charge < -0.3 is 5.11 Å². The van der Waals surface area contributed by atoms with Gasteiger partial charge in [0.15, 0.2) is 0 Å². The highest BCUT2D eigenvalue weighted by Gasteiger charge is 2.29. The molecular formula is C9H16O2. The van der Waals surface area contributed by atoms with Crippen LogP contribution in [0.25, 0.3) is 0 Å². The summed E-state index contributed by atoms with van der Waals surface area (Å²) in [7, 11) is 0. The Labute approximate surface area is 67.6 Å². The molecule has 0 saturated heterocycles. The van der Waals surface area contributed by atoms with Gasteiger partial charge in [0.1, 0.15) is 0 Å². The second-order valence-electron chi connectivity index (χ2n) is 3.44. The summed E-state index contributed by atoms with van der Waals surface area (Å²) in [6, 6.07) is 0. The third-order valence-electron chi connectivity index (χ3n) is 2.54. The van der Waals surface area contributed by atoms with Crippen molar-refractivity contribution < 1.29 is 9.90 Å². The average Bonchev–Trinajstić information content (AvgIpc) is 2.72. The first-order chi connectivity index (χ1) is 5.24. The van der Waals surface area contributed by atoms with Gasteiger partial charge in [-0.25, -0.2) is 0 Å². The van der Waals surface area contributed by atoms with Gasteiger partial charge in [-0.15, -0.1) is 0 Å². The van der Waals surface area contributed by atoms with E-state index >= 15 is 0 Å². The zero-order chi connectivity index (χ0) is 8.27. The van der Waals surface area contributed by atoms with Crippen LogP contribution in [0.15, 0.2) is 0 Å². The van der Waals surface area contributed by atoms with Crippen molar-refractivity contribution in [3.8, 4) is 0 Å². The third kappa shape index (κ3) is 2.91. The van der Waals surface area contributed by atoms with Crippen molar-refractivity contribution in [2.75, 3.05) is 0 Å². The summed E-state index contributed by atoms with van der Waals surface area (Å²) < 4.78 is 0. The molecule has 2 nitrogen and oxygen atoms in total. The SMILES string of the molecule is CCC(CCC(=O)O)C1CC1. The minimum Gasteiger partial charge on any atom is -0.481 e. The molecule has 1 rings (SSSR count). The topological polar surface area (TPSA) is 37.3 Å².